The third-order valence-corrected chi connectivity index (χ3v) is 4.22. The van der Waals surface area contributed by atoms with E-state index in [9.17, 15) is 13.6 Å². The van der Waals surface area contributed by atoms with Crippen molar-refractivity contribution in [3.05, 3.63) is 18.2 Å². The minimum atomic E-state index is -5.06. The molecule has 8 heteroatoms. The molecule has 18 heavy (non-hydrogen) atoms. The van der Waals surface area contributed by atoms with Crippen LogP contribution in [-0.2, 0) is 8.53 Å². The van der Waals surface area contributed by atoms with E-state index in [1.807, 2.05) is 0 Å². The van der Waals surface area contributed by atoms with Crippen LogP contribution in [0.2, 0.25) is 0 Å². The van der Waals surface area contributed by atoms with Crippen LogP contribution in [0.5, 0.6) is 5.75 Å². The van der Waals surface area contributed by atoms with Crippen LogP contribution in [-0.4, -0.2) is 52.5 Å². The maximum absolute atomic E-state index is 11.5. The molecule has 0 aromatic heterocycles. The zero-order valence-corrected chi connectivity index (χ0v) is 12.1. The molecule has 0 aliphatic heterocycles. The van der Waals surface area contributed by atoms with Crippen LogP contribution in [0.25, 0.3) is 0 Å². The Kier molecular flexibility index (Phi) is 4.23. The van der Waals surface area contributed by atoms with E-state index in [2.05, 4.69) is 0 Å². The number of carbonyl (C=O) groups is 1. The van der Waals surface area contributed by atoms with Crippen LogP contribution in [0.4, 0.5) is 5.69 Å². The Balaban J connectivity index is 3.39. The predicted molar refractivity (Wildman–Crippen MR) is 65.5 cm³/mol. The van der Waals surface area contributed by atoms with E-state index in [0.29, 0.717) is 0 Å². The van der Waals surface area contributed by atoms with Crippen LogP contribution in [0.3, 0.4) is 0 Å². The molecular weight excluding hydrogens is 303 g/mol. The summed E-state index contributed by atoms with van der Waals surface area (Å²) in [5.74, 6) is -0.614. The summed E-state index contributed by atoms with van der Waals surface area (Å²) in [6.07, 6.45) is 0. The van der Waals surface area contributed by atoms with Crippen LogP contribution in [0.1, 0.15) is 6.92 Å². The molecule has 0 fully saturated rings. The van der Waals surface area contributed by atoms with Gasteiger partial charge in [-0.15, -0.1) is 0 Å². The number of benzene rings is 1. The number of anilines is 1. The molecule has 0 saturated carbocycles. The molecule has 7 nitrogen and oxygen atoms in total. The monoisotopic (exact) mass is 318 g/mol. The van der Waals surface area contributed by atoms with Crippen LogP contribution < -0.4 is 9.36 Å². The molecule has 1 aromatic rings. The number of phenols is 1. The van der Waals surface area contributed by atoms with E-state index in [4.69, 9.17) is 8.19 Å². The van der Waals surface area contributed by atoms with Gasteiger partial charge >= 0.3 is 107 Å². The molecule has 0 heterocycles. The van der Waals surface area contributed by atoms with Crippen molar-refractivity contribution in [2.45, 2.75) is 6.92 Å². The molecule has 0 unspecified atom stereocenters. The Hall–Kier alpha value is -1.27. The van der Waals surface area contributed by atoms with Crippen molar-refractivity contribution in [2.24, 2.45) is 0 Å². The molecule has 0 bridgehead atoms. The molecule has 1 aromatic carbocycles. The van der Waals surface area contributed by atoms with Crippen LogP contribution in [0, 0.1) is 0 Å². The van der Waals surface area contributed by atoms with Crippen LogP contribution >= 0.6 is 0 Å². The van der Waals surface area contributed by atoms with E-state index in [-0.39, 0.29) is 21.7 Å². The van der Waals surface area contributed by atoms with Gasteiger partial charge in [-0.3, -0.25) is 0 Å². The molecule has 0 atom stereocenters. The van der Waals surface area contributed by atoms with Crippen molar-refractivity contribution in [3.63, 3.8) is 0 Å². The number of hydrogen-bond donors (Lipinski definition) is 3. The third kappa shape index (κ3) is 3.14. The number of carbonyl (C=O) groups excluding carboxylic acids is 1. The van der Waals surface area contributed by atoms with Crippen molar-refractivity contribution in [3.8, 4) is 5.75 Å². The van der Waals surface area contributed by atoms with Gasteiger partial charge in [0.25, 0.3) is 0 Å². The van der Waals surface area contributed by atoms with Crippen molar-refractivity contribution in [1.82, 2.24) is 5.01 Å². The van der Waals surface area contributed by atoms with Crippen molar-refractivity contribution in [2.75, 3.05) is 19.1 Å². The van der Waals surface area contributed by atoms with E-state index in [1.54, 1.807) is 14.1 Å². The second-order valence-electron chi connectivity index (χ2n) is 3.90. The molecule has 0 aliphatic rings. The van der Waals surface area contributed by atoms with E-state index < -0.39 is 14.2 Å². The minimum absolute atomic E-state index is 0.0368. The standard InChI is InChI=1S/C10H15AsN2O5/c1-7(14)13(12(2)3)9-6-8(11(16,17)18)4-5-10(9)15/h4-6,15H,1-3H3,(H2,16,17,18). The van der Waals surface area contributed by atoms with Gasteiger partial charge in [0, 0.05) is 0 Å². The summed E-state index contributed by atoms with van der Waals surface area (Å²) in [5, 5.41) is 12.2. The third-order valence-electron chi connectivity index (χ3n) is 2.22. The van der Waals surface area contributed by atoms with Gasteiger partial charge in [-0.1, -0.05) is 0 Å². The van der Waals surface area contributed by atoms with E-state index >= 15 is 0 Å². The summed E-state index contributed by atoms with van der Waals surface area (Å²) >= 11 is -5.06. The summed E-state index contributed by atoms with van der Waals surface area (Å²) in [4.78, 5) is 11.5. The second kappa shape index (κ2) is 5.15. The number of amides is 1. The van der Waals surface area contributed by atoms with Crippen LogP contribution in [0.15, 0.2) is 18.2 Å². The first-order chi connectivity index (χ1) is 8.14. The number of hydrogen-bond acceptors (Lipinski definition) is 4. The first-order valence-corrected chi connectivity index (χ1v) is 8.40. The number of phenolic OH excluding ortho intramolecular Hbond substituents is 1. The van der Waals surface area contributed by atoms with Crippen molar-refractivity contribution in [1.29, 1.82) is 0 Å². The quantitative estimate of drug-likeness (QED) is 0.477. The normalized spacial score (nSPS) is 11.7. The van der Waals surface area contributed by atoms with Gasteiger partial charge in [0.1, 0.15) is 0 Å². The van der Waals surface area contributed by atoms with Gasteiger partial charge in [0.2, 0.25) is 0 Å². The van der Waals surface area contributed by atoms with Gasteiger partial charge in [-0.25, -0.2) is 0 Å². The van der Waals surface area contributed by atoms with Gasteiger partial charge < -0.3 is 0 Å². The van der Waals surface area contributed by atoms with Gasteiger partial charge in [0.05, 0.1) is 0 Å². The molecule has 0 spiro atoms. The fourth-order valence-electron chi connectivity index (χ4n) is 1.53. The van der Waals surface area contributed by atoms with Gasteiger partial charge in [-0.2, -0.15) is 0 Å². The average molecular weight is 318 g/mol. The Labute approximate surface area is 107 Å². The SMILES string of the molecule is CC(=O)N(c1cc([As](=O)(O)O)ccc1O)N(C)C. The molecule has 1 rings (SSSR count). The van der Waals surface area contributed by atoms with Gasteiger partial charge in [0.15, 0.2) is 0 Å². The molecule has 0 saturated heterocycles. The topological polar surface area (TPSA) is 101 Å². The molecule has 1 amide bonds. The van der Waals surface area contributed by atoms with Gasteiger partial charge in [-0.05, 0) is 0 Å². The Morgan fingerprint density at radius 1 is 1.28 bits per heavy atom. The molecule has 100 valence electrons. The van der Waals surface area contributed by atoms with E-state index in [0.717, 1.165) is 23.2 Å². The maximum atomic E-state index is 11.5. The first kappa shape index (κ1) is 14.8. The molecule has 0 aliphatic carbocycles. The van der Waals surface area contributed by atoms with Crippen molar-refractivity contribution < 1.29 is 21.8 Å². The number of rotatable bonds is 3. The summed E-state index contributed by atoms with van der Waals surface area (Å²) in [6.45, 7) is 1.29. The predicted octanol–water partition coefficient (Wildman–Crippen LogP) is -1.22. The fourth-order valence-corrected chi connectivity index (χ4v) is 2.70. The Morgan fingerprint density at radius 3 is 2.22 bits per heavy atom. The fraction of sp³-hybridized carbons (Fsp3) is 0.300. The number of hydrazine groups is 1. The summed E-state index contributed by atoms with van der Waals surface area (Å²) in [7, 11) is 3.16. The van der Waals surface area contributed by atoms with Crippen molar-refractivity contribution >= 4 is 30.1 Å². The zero-order valence-electron chi connectivity index (χ0n) is 10.2. The molecule has 3 N–H and O–H groups in total. The summed E-state index contributed by atoms with van der Waals surface area (Å²) in [6, 6.07) is 3.42. The first-order valence-electron chi connectivity index (χ1n) is 5.01. The summed E-state index contributed by atoms with van der Waals surface area (Å²) in [5.41, 5.74) is 0.0368. The molecular formula is C10H15AsN2O5. The number of aromatic hydroxyl groups is 1. The number of nitrogens with zero attached hydrogens (tertiary/aromatic N) is 2. The van der Waals surface area contributed by atoms with E-state index in [1.165, 1.54) is 11.9 Å². The Morgan fingerprint density at radius 2 is 1.83 bits per heavy atom. The Bertz CT molecular complexity index is 511. The molecule has 0 radical (unpaired) electrons. The zero-order chi connectivity index (χ0) is 14.1. The summed E-state index contributed by atoms with van der Waals surface area (Å²) < 4.78 is 29.3. The average Bonchev–Trinajstić information content (AvgIpc) is 2.18. The second-order valence-corrected chi connectivity index (χ2v) is 7.26.